The molecule has 0 radical (unpaired) electrons. The van der Waals surface area contributed by atoms with Gasteiger partial charge >= 0.3 is 0 Å². The number of anilines is 1. The Morgan fingerprint density at radius 1 is 1.00 bits per heavy atom. The molecule has 1 aromatic heterocycles. The lowest BCUT2D eigenvalue weighted by Gasteiger charge is -2.37. The van der Waals surface area contributed by atoms with Crippen LogP contribution in [-0.2, 0) is 5.54 Å². The van der Waals surface area contributed by atoms with Crippen molar-refractivity contribution in [2.75, 3.05) is 38.2 Å². The van der Waals surface area contributed by atoms with Crippen LogP contribution < -0.4 is 14.5 Å². The highest BCUT2D eigenvalue weighted by Crippen LogP contribution is 2.24. The van der Waals surface area contributed by atoms with Crippen LogP contribution in [0.5, 0.6) is 5.75 Å². The van der Waals surface area contributed by atoms with E-state index in [1.165, 1.54) is 17.0 Å². The van der Waals surface area contributed by atoms with E-state index < -0.39 is 0 Å². The molecule has 1 aliphatic heterocycles. The van der Waals surface area contributed by atoms with Crippen molar-refractivity contribution in [1.29, 1.82) is 0 Å². The van der Waals surface area contributed by atoms with E-state index in [1.807, 2.05) is 28.9 Å². The minimum Gasteiger partial charge on any atom is -0.497 e. The lowest BCUT2D eigenvalue weighted by atomic mass is 10.0. The molecule has 8 heteroatoms. The van der Waals surface area contributed by atoms with Gasteiger partial charge in [0.2, 0.25) is 5.82 Å². The molecule has 1 N–H and O–H groups in total. The van der Waals surface area contributed by atoms with E-state index in [9.17, 15) is 4.39 Å². The third-order valence-corrected chi connectivity index (χ3v) is 5.84. The van der Waals surface area contributed by atoms with E-state index >= 15 is 0 Å². The average Bonchev–Trinajstić information content (AvgIpc) is 3.26. The molecule has 164 valence electrons. The van der Waals surface area contributed by atoms with Crippen molar-refractivity contribution in [2.24, 2.45) is 0 Å². The van der Waals surface area contributed by atoms with Crippen molar-refractivity contribution in [3.63, 3.8) is 0 Å². The van der Waals surface area contributed by atoms with Gasteiger partial charge in [0, 0.05) is 11.3 Å². The fourth-order valence-corrected chi connectivity index (χ4v) is 4.21. The first kappa shape index (κ1) is 21.2. The summed E-state index contributed by atoms with van der Waals surface area (Å²) in [5.41, 5.74) is 1.99. The normalized spacial score (nSPS) is 16.4. The number of aromatic nitrogens is 4. The van der Waals surface area contributed by atoms with Crippen LogP contribution in [0.1, 0.15) is 38.2 Å². The average molecular weight is 426 g/mol. The Kier molecular flexibility index (Phi) is 5.91. The summed E-state index contributed by atoms with van der Waals surface area (Å²) in [5, 5.41) is 12.8. The van der Waals surface area contributed by atoms with Crippen LogP contribution in [0.3, 0.4) is 0 Å². The molecule has 2 aromatic carbocycles. The molecule has 0 bridgehead atoms. The Morgan fingerprint density at radius 3 is 2.23 bits per heavy atom. The number of benzene rings is 2. The summed E-state index contributed by atoms with van der Waals surface area (Å²) in [5.74, 6) is 1.48. The number of hydrogen-bond donors (Lipinski definition) is 1. The Hall–Kier alpha value is -3.00. The maximum atomic E-state index is 13.3. The van der Waals surface area contributed by atoms with E-state index in [0.717, 1.165) is 49.0 Å². The summed E-state index contributed by atoms with van der Waals surface area (Å²) in [6, 6.07) is 14.9. The van der Waals surface area contributed by atoms with Crippen LogP contribution in [0.25, 0.3) is 0 Å². The Morgan fingerprint density at radius 2 is 1.65 bits per heavy atom. The molecule has 0 spiro atoms. The first-order chi connectivity index (χ1) is 14.9. The number of nitrogens with one attached hydrogen (secondary N) is 1. The fraction of sp³-hybridized carbons (Fsp3) is 0.435. The molecule has 0 unspecified atom stereocenters. The number of methoxy groups -OCH3 is 1. The van der Waals surface area contributed by atoms with Crippen LogP contribution in [0.4, 0.5) is 10.1 Å². The zero-order valence-corrected chi connectivity index (χ0v) is 18.5. The molecule has 0 aliphatic carbocycles. The minimum atomic E-state index is -0.223. The van der Waals surface area contributed by atoms with Crippen molar-refractivity contribution in [3.8, 4) is 5.75 Å². The molecule has 1 aliphatic rings. The highest BCUT2D eigenvalue weighted by atomic mass is 19.1. The molecule has 0 amide bonds. The number of halogens is 1. The summed E-state index contributed by atoms with van der Waals surface area (Å²) in [6.45, 7) is 9.94. The van der Waals surface area contributed by atoms with Gasteiger partial charge in [-0.2, -0.15) is 0 Å². The fourth-order valence-electron chi connectivity index (χ4n) is 4.21. The maximum absolute atomic E-state index is 13.3. The van der Waals surface area contributed by atoms with Crippen molar-refractivity contribution in [2.45, 2.75) is 32.4 Å². The summed E-state index contributed by atoms with van der Waals surface area (Å²) >= 11 is 0. The molecule has 3 aromatic rings. The van der Waals surface area contributed by atoms with Gasteiger partial charge in [0.1, 0.15) is 11.6 Å². The Balaban J connectivity index is 1.62. The van der Waals surface area contributed by atoms with Crippen LogP contribution >= 0.6 is 0 Å². The van der Waals surface area contributed by atoms with Gasteiger partial charge < -0.3 is 14.5 Å². The van der Waals surface area contributed by atoms with Crippen molar-refractivity contribution < 1.29 is 14.0 Å². The first-order valence-electron chi connectivity index (χ1n) is 10.6. The number of rotatable bonds is 5. The Bertz CT molecular complexity index is 988. The van der Waals surface area contributed by atoms with Gasteiger partial charge in [-0.05, 0) is 79.7 Å². The zero-order chi connectivity index (χ0) is 22.0. The first-order valence-corrected chi connectivity index (χ1v) is 10.6. The van der Waals surface area contributed by atoms with Crippen molar-refractivity contribution in [1.82, 2.24) is 20.2 Å². The minimum absolute atomic E-state index is 0.00972. The topological polar surface area (TPSA) is 60.5 Å². The van der Waals surface area contributed by atoms with E-state index in [4.69, 9.17) is 4.74 Å². The third kappa shape index (κ3) is 4.54. The largest absolute Gasteiger partial charge is 0.497 e. The second kappa shape index (κ2) is 8.63. The molecule has 2 heterocycles. The predicted octanol–water partition coefficient (Wildman–Crippen LogP) is 2.07. The highest BCUT2D eigenvalue weighted by Gasteiger charge is 2.36. The summed E-state index contributed by atoms with van der Waals surface area (Å²) in [7, 11) is 1.67. The highest BCUT2D eigenvalue weighted by molar-refractivity contribution is 5.46. The monoisotopic (exact) mass is 425 g/mol. The van der Waals surface area contributed by atoms with Gasteiger partial charge in [0.05, 0.1) is 38.8 Å². The molecular weight excluding hydrogens is 395 g/mol. The predicted molar refractivity (Wildman–Crippen MR) is 117 cm³/mol. The Labute approximate surface area is 182 Å². The molecule has 7 nitrogen and oxygen atoms in total. The van der Waals surface area contributed by atoms with Gasteiger partial charge in [-0.1, -0.05) is 0 Å². The SMILES string of the molecule is COc1ccc([C@H](c2nnnn2C(C)(C)C)[NH+]2CCN(c3ccc(F)cc3)CC2)cc1. The van der Waals surface area contributed by atoms with E-state index in [1.54, 1.807) is 7.11 Å². The quantitative estimate of drug-likeness (QED) is 0.678. The third-order valence-electron chi connectivity index (χ3n) is 5.84. The van der Waals surface area contributed by atoms with Gasteiger partial charge in [-0.3, -0.25) is 0 Å². The van der Waals surface area contributed by atoms with Gasteiger partial charge in [0.25, 0.3) is 0 Å². The molecule has 31 heavy (non-hydrogen) atoms. The van der Waals surface area contributed by atoms with E-state index in [-0.39, 0.29) is 17.4 Å². The standard InChI is InChI=1S/C23H29FN6O/c1-23(2,3)30-22(25-26-27-30)21(17-5-11-20(31-4)12-6-17)29-15-13-28(14-16-29)19-9-7-18(24)8-10-19/h5-12,21H,13-16H2,1-4H3/p+1/t21-/m1/s1. The lowest BCUT2D eigenvalue weighted by Crippen LogP contribution is -3.15. The second-order valence-corrected chi connectivity index (χ2v) is 8.95. The second-order valence-electron chi connectivity index (χ2n) is 8.95. The van der Waals surface area contributed by atoms with Crippen molar-refractivity contribution in [3.05, 3.63) is 65.7 Å². The molecule has 4 rings (SSSR count). The molecular formula is C23H30FN6O+. The number of ether oxygens (including phenoxy) is 1. The van der Waals surface area contributed by atoms with E-state index in [0.29, 0.717) is 0 Å². The van der Waals surface area contributed by atoms with Crippen LogP contribution in [0.15, 0.2) is 48.5 Å². The zero-order valence-electron chi connectivity index (χ0n) is 18.5. The number of tetrazole rings is 1. The molecule has 1 saturated heterocycles. The summed E-state index contributed by atoms with van der Waals surface area (Å²) < 4.78 is 20.6. The number of hydrogen-bond acceptors (Lipinski definition) is 5. The van der Waals surface area contributed by atoms with Crippen LogP contribution in [-0.4, -0.2) is 53.5 Å². The number of quaternary nitrogens is 1. The van der Waals surface area contributed by atoms with Gasteiger partial charge in [-0.15, -0.1) is 5.10 Å². The number of nitrogens with zero attached hydrogens (tertiary/aromatic N) is 5. The van der Waals surface area contributed by atoms with Gasteiger partial charge in [0.15, 0.2) is 6.04 Å². The van der Waals surface area contributed by atoms with E-state index in [2.05, 4.69) is 53.3 Å². The summed E-state index contributed by atoms with van der Waals surface area (Å²) in [6.07, 6.45) is 0. The van der Waals surface area contributed by atoms with Crippen LogP contribution in [0, 0.1) is 5.82 Å². The van der Waals surface area contributed by atoms with Crippen LogP contribution in [0.2, 0.25) is 0 Å². The smallest absolute Gasteiger partial charge is 0.214 e. The maximum Gasteiger partial charge on any atom is 0.214 e. The van der Waals surface area contributed by atoms with Gasteiger partial charge in [-0.25, -0.2) is 9.07 Å². The number of piperazine rings is 1. The van der Waals surface area contributed by atoms with Crippen molar-refractivity contribution >= 4 is 5.69 Å². The summed E-state index contributed by atoms with van der Waals surface area (Å²) in [4.78, 5) is 3.71. The lowest BCUT2D eigenvalue weighted by molar-refractivity contribution is -0.927. The molecule has 1 atom stereocenters. The molecule has 1 fully saturated rings. The molecule has 0 saturated carbocycles.